The average Bonchev–Trinajstić information content (AvgIpc) is 3.39. The van der Waals surface area contributed by atoms with Gasteiger partial charge in [0.25, 0.3) is 0 Å². The minimum Gasteiger partial charge on any atom is -0.508 e. The van der Waals surface area contributed by atoms with Crippen LogP contribution in [-0.4, -0.2) is 35.9 Å². The number of phenolic OH excluding ortho intramolecular Hbond substituents is 1. The van der Waals surface area contributed by atoms with Crippen molar-refractivity contribution in [2.75, 3.05) is 19.8 Å². The second-order valence-electron chi connectivity index (χ2n) is 7.31. The fourth-order valence-corrected chi connectivity index (χ4v) is 3.40. The molecule has 1 aromatic heterocycles. The van der Waals surface area contributed by atoms with Gasteiger partial charge in [-0.25, -0.2) is 0 Å². The van der Waals surface area contributed by atoms with Crippen LogP contribution in [0, 0.1) is 5.92 Å². The molecular formula is C21H26N2O3. The maximum Gasteiger partial charge on any atom is 0.137 e. The Morgan fingerprint density at radius 2 is 2.04 bits per heavy atom. The second kappa shape index (κ2) is 8.06. The zero-order valence-electron chi connectivity index (χ0n) is 14.9. The number of nitrogens with one attached hydrogen (secondary N) is 1. The van der Waals surface area contributed by atoms with E-state index in [4.69, 9.17) is 9.47 Å². The van der Waals surface area contributed by atoms with Gasteiger partial charge in [-0.3, -0.25) is 4.98 Å². The van der Waals surface area contributed by atoms with Crippen LogP contribution in [0.3, 0.4) is 0 Å². The summed E-state index contributed by atoms with van der Waals surface area (Å²) in [5, 5.41) is 12.6. The van der Waals surface area contributed by atoms with E-state index in [1.807, 2.05) is 18.3 Å². The molecule has 1 saturated carbocycles. The summed E-state index contributed by atoms with van der Waals surface area (Å²) in [7, 11) is 0. The lowest BCUT2D eigenvalue weighted by molar-refractivity contribution is 0.114. The van der Waals surface area contributed by atoms with Crippen LogP contribution < -0.4 is 10.1 Å². The van der Waals surface area contributed by atoms with E-state index in [1.54, 1.807) is 18.3 Å². The highest BCUT2D eigenvalue weighted by Crippen LogP contribution is 2.49. The number of rotatable bonds is 9. The molecule has 2 N–H and O–H groups in total. The fraction of sp³-hybridized carbons (Fsp3) is 0.476. The monoisotopic (exact) mass is 354 g/mol. The molecule has 0 radical (unpaired) electrons. The minimum absolute atomic E-state index is 0.290. The van der Waals surface area contributed by atoms with Crippen molar-refractivity contribution in [2.24, 2.45) is 5.92 Å². The van der Waals surface area contributed by atoms with Crippen molar-refractivity contribution < 1.29 is 14.6 Å². The third-order valence-electron chi connectivity index (χ3n) is 5.30. The zero-order chi connectivity index (χ0) is 17.8. The first-order valence-corrected chi connectivity index (χ1v) is 9.45. The molecular weight excluding hydrogens is 328 g/mol. The minimum atomic E-state index is 0.290. The Kier molecular flexibility index (Phi) is 5.37. The number of pyridine rings is 1. The van der Waals surface area contributed by atoms with E-state index in [1.165, 1.54) is 18.4 Å². The molecule has 0 unspecified atom stereocenters. The van der Waals surface area contributed by atoms with Crippen LogP contribution in [0.5, 0.6) is 11.5 Å². The van der Waals surface area contributed by atoms with Crippen LogP contribution >= 0.6 is 0 Å². The number of phenols is 1. The van der Waals surface area contributed by atoms with E-state index in [2.05, 4.69) is 16.4 Å². The van der Waals surface area contributed by atoms with Gasteiger partial charge in [-0.2, -0.15) is 0 Å². The standard InChI is InChI=1S/C21H26N2O3/c24-19-3-1-15(2-4-19)13-25-8-6-16-10-21(16)17-9-20(12-22-11-17)26-14-18-5-7-23-18/h1-4,9,11-12,16,18,21,23-24H,5-8,10,13-14H2/t16-,18-,21-/m0/s1. The van der Waals surface area contributed by atoms with E-state index < -0.39 is 0 Å². The summed E-state index contributed by atoms with van der Waals surface area (Å²) in [4.78, 5) is 4.35. The Morgan fingerprint density at radius 3 is 2.81 bits per heavy atom. The predicted octanol–water partition coefficient (Wildman–Crippen LogP) is 3.24. The largest absolute Gasteiger partial charge is 0.508 e. The number of ether oxygens (including phenoxy) is 2. The zero-order valence-corrected chi connectivity index (χ0v) is 14.9. The molecule has 2 fully saturated rings. The lowest BCUT2D eigenvalue weighted by atomic mass is 10.1. The van der Waals surface area contributed by atoms with Crippen molar-refractivity contribution in [2.45, 2.75) is 37.8 Å². The Bertz CT molecular complexity index is 715. The van der Waals surface area contributed by atoms with Crippen LogP contribution in [0.15, 0.2) is 42.7 Å². The molecule has 5 heteroatoms. The number of aromatic hydroxyl groups is 1. The van der Waals surface area contributed by atoms with Crippen LogP contribution in [0.4, 0.5) is 0 Å². The van der Waals surface area contributed by atoms with E-state index in [9.17, 15) is 5.11 Å². The molecule has 3 atom stereocenters. The van der Waals surface area contributed by atoms with Gasteiger partial charge < -0.3 is 19.9 Å². The molecule has 1 aromatic carbocycles. The van der Waals surface area contributed by atoms with E-state index in [0.29, 0.717) is 30.2 Å². The number of hydrogen-bond donors (Lipinski definition) is 2. The molecule has 138 valence electrons. The van der Waals surface area contributed by atoms with Crippen LogP contribution in [0.25, 0.3) is 0 Å². The predicted molar refractivity (Wildman–Crippen MR) is 99.4 cm³/mol. The molecule has 1 aliphatic heterocycles. The van der Waals surface area contributed by atoms with Gasteiger partial charge >= 0.3 is 0 Å². The molecule has 4 rings (SSSR count). The number of benzene rings is 1. The third-order valence-corrected chi connectivity index (χ3v) is 5.30. The summed E-state index contributed by atoms with van der Waals surface area (Å²) < 4.78 is 11.6. The maximum atomic E-state index is 9.28. The van der Waals surface area contributed by atoms with Crippen molar-refractivity contribution in [3.05, 3.63) is 53.9 Å². The van der Waals surface area contributed by atoms with Crippen LogP contribution in [0.1, 0.15) is 36.3 Å². The van der Waals surface area contributed by atoms with E-state index >= 15 is 0 Å². The van der Waals surface area contributed by atoms with Gasteiger partial charge in [-0.15, -0.1) is 0 Å². The summed E-state index contributed by atoms with van der Waals surface area (Å²) in [5.74, 6) is 2.44. The first kappa shape index (κ1) is 17.3. The fourth-order valence-electron chi connectivity index (χ4n) is 3.40. The first-order chi connectivity index (χ1) is 12.8. The highest BCUT2D eigenvalue weighted by molar-refractivity contribution is 5.30. The molecule has 0 spiro atoms. The molecule has 5 nitrogen and oxygen atoms in total. The van der Waals surface area contributed by atoms with Crippen molar-refractivity contribution in [1.82, 2.24) is 10.3 Å². The highest BCUT2D eigenvalue weighted by atomic mass is 16.5. The average molecular weight is 354 g/mol. The SMILES string of the molecule is Oc1ccc(COCC[C@H]2C[C@@H]2c2cncc(OC[C@@H]3CCN3)c2)cc1. The topological polar surface area (TPSA) is 63.6 Å². The number of aromatic nitrogens is 1. The number of hydrogen-bond acceptors (Lipinski definition) is 5. The van der Waals surface area contributed by atoms with Crippen LogP contribution in [-0.2, 0) is 11.3 Å². The summed E-state index contributed by atoms with van der Waals surface area (Å²) in [6.07, 6.45) is 7.25. The normalized spacial score (nSPS) is 24.1. The van der Waals surface area contributed by atoms with E-state index in [0.717, 1.165) is 37.5 Å². The van der Waals surface area contributed by atoms with Gasteiger partial charge in [0.1, 0.15) is 18.1 Å². The Hall–Kier alpha value is -2.11. The molecule has 2 aromatic rings. The molecule has 2 heterocycles. The smallest absolute Gasteiger partial charge is 0.137 e. The third kappa shape index (κ3) is 4.54. The van der Waals surface area contributed by atoms with Gasteiger partial charge in [-0.1, -0.05) is 12.1 Å². The van der Waals surface area contributed by atoms with Crippen LogP contribution in [0.2, 0.25) is 0 Å². The van der Waals surface area contributed by atoms with Gasteiger partial charge in [-0.05, 0) is 67.0 Å². The van der Waals surface area contributed by atoms with Crippen molar-refractivity contribution in [1.29, 1.82) is 0 Å². The summed E-state index contributed by atoms with van der Waals surface area (Å²) in [6.45, 7) is 3.19. The maximum absolute atomic E-state index is 9.28. The van der Waals surface area contributed by atoms with E-state index in [-0.39, 0.29) is 0 Å². The van der Waals surface area contributed by atoms with Crippen molar-refractivity contribution >= 4 is 0 Å². The summed E-state index contributed by atoms with van der Waals surface area (Å²) >= 11 is 0. The Labute approximate surface area is 154 Å². The molecule has 1 aliphatic carbocycles. The Balaban J connectivity index is 1.18. The number of nitrogens with zero attached hydrogens (tertiary/aromatic N) is 1. The molecule has 0 amide bonds. The molecule has 2 aliphatic rings. The van der Waals surface area contributed by atoms with Gasteiger partial charge in [0, 0.05) is 18.8 Å². The van der Waals surface area contributed by atoms with Crippen molar-refractivity contribution in [3.8, 4) is 11.5 Å². The van der Waals surface area contributed by atoms with Gasteiger partial charge in [0.2, 0.25) is 0 Å². The molecule has 1 saturated heterocycles. The lowest BCUT2D eigenvalue weighted by Crippen LogP contribution is -2.46. The summed E-state index contributed by atoms with van der Waals surface area (Å²) in [5.41, 5.74) is 2.37. The first-order valence-electron chi connectivity index (χ1n) is 9.45. The molecule has 26 heavy (non-hydrogen) atoms. The Morgan fingerprint density at radius 1 is 1.19 bits per heavy atom. The van der Waals surface area contributed by atoms with Gasteiger partial charge in [0.15, 0.2) is 0 Å². The van der Waals surface area contributed by atoms with Crippen molar-refractivity contribution in [3.63, 3.8) is 0 Å². The quantitative estimate of drug-likeness (QED) is 0.677. The molecule has 0 bridgehead atoms. The lowest BCUT2D eigenvalue weighted by Gasteiger charge is -2.27. The second-order valence-corrected chi connectivity index (χ2v) is 7.31. The summed E-state index contributed by atoms with van der Waals surface area (Å²) in [6, 6.07) is 9.82. The highest BCUT2D eigenvalue weighted by Gasteiger charge is 2.38. The van der Waals surface area contributed by atoms with Gasteiger partial charge in [0.05, 0.1) is 12.8 Å².